The zero-order valence-corrected chi connectivity index (χ0v) is 36.0. The van der Waals surface area contributed by atoms with Crippen LogP contribution < -0.4 is 0 Å². The van der Waals surface area contributed by atoms with Crippen molar-refractivity contribution in [3.63, 3.8) is 0 Å². The Hall–Kier alpha value is -3.54. The Morgan fingerprint density at radius 1 is 0.455 bits per heavy atom. The summed E-state index contributed by atoms with van der Waals surface area (Å²) in [7, 11) is 6.37. The van der Waals surface area contributed by atoms with Crippen LogP contribution in [0.3, 0.4) is 0 Å². The minimum absolute atomic E-state index is 0. The van der Waals surface area contributed by atoms with Gasteiger partial charge in [-0.25, -0.2) is 0 Å². The fourth-order valence-corrected chi connectivity index (χ4v) is 3.49. The molecule has 2 atom stereocenters. The second kappa shape index (κ2) is 70.5. The number of hydrogen-bond acceptors (Lipinski definition) is 12. The van der Waals surface area contributed by atoms with Gasteiger partial charge in [0.15, 0.2) is 0 Å². The van der Waals surface area contributed by atoms with Crippen LogP contribution in [-0.4, -0.2) is 89.1 Å². The van der Waals surface area contributed by atoms with Crippen LogP contribution in [0, 0.1) is 62.1 Å². The Morgan fingerprint density at radius 2 is 0.742 bits per heavy atom. The third-order valence-corrected chi connectivity index (χ3v) is 7.74. The van der Waals surface area contributed by atoms with Gasteiger partial charge in [-0.2, -0.15) is 15.8 Å². The van der Waals surface area contributed by atoms with Crippen LogP contribution in [0.1, 0.15) is 223 Å². The maximum Gasteiger partial charge on any atom is 0.303 e. The largest absolute Gasteiger partial charge is 0.481 e. The molecular formula is C53H121N3O10. The van der Waals surface area contributed by atoms with E-state index in [9.17, 15) is 24.0 Å². The fourth-order valence-electron chi connectivity index (χ4n) is 3.49. The zero-order valence-electron chi connectivity index (χ0n) is 36.0. The van der Waals surface area contributed by atoms with E-state index in [1.807, 2.05) is 61.5 Å². The number of nitrogens with zero attached hydrogens (tertiary/aromatic N) is 3. The summed E-state index contributed by atoms with van der Waals surface area (Å²) in [5, 5.41) is 34.2. The van der Waals surface area contributed by atoms with Gasteiger partial charge in [-0.3, -0.25) is 24.0 Å². The SMILES string of the molecule is C.C.C.C.C.C.C.C.C.C.C.C.CC(C)(C#N)CCC(=O)O.CCC(=O)C(C)COC.CCC(=O)CCOC.COCC(C)C(=O)CCC(C)(C)C#N.COCCC(=O)CCC(C)(C)C#N. The standard InChI is InChI=1S/C11H19NO2.C10H17NO2.C7H11NO2.C7H14O2.C6H12O2.12CH4/c1-9(7-14-4)10(13)5-6-11(2,3)8-12;1-10(2,8-11)6-4-9(12)5-7-13-3;1-7(2,5-8)4-3-6(9)10;1-4-7(8)6(2)5-9-3;1-3-6(7)4-5-8-2;;;;;;;;;;;;/h9H,5-7H2,1-4H3;4-7H2,1-3H3;3-4H2,1-2H3,(H,9,10);6H,4-5H2,1-3H3;3-5H2,1-2H3;12*1H4. The molecule has 66 heavy (non-hydrogen) atoms. The number of ether oxygens (including phenoxy) is 4. The average molecular weight is 961 g/mol. The van der Waals surface area contributed by atoms with Crippen LogP contribution in [0.2, 0.25) is 0 Å². The molecular weight excluding hydrogens is 839 g/mol. The third kappa shape index (κ3) is 87.4. The van der Waals surface area contributed by atoms with Gasteiger partial charge in [-0.1, -0.05) is 117 Å². The first kappa shape index (κ1) is 114. The number of carboxylic acids is 1. The quantitative estimate of drug-likeness (QED) is 0.101. The Labute approximate surface area is 415 Å². The molecule has 0 saturated heterocycles. The molecule has 0 saturated carbocycles. The molecule has 0 bridgehead atoms. The zero-order chi connectivity index (χ0) is 43.4. The monoisotopic (exact) mass is 960 g/mol. The smallest absolute Gasteiger partial charge is 0.303 e. The lowest BCUT2D eigenvalue weighted by atomic mass is 9.87. The number of Topliss-reactive ketones (excluding diaryl/α,β-unsaturated/α-hetero) is 4. The van der Waals surface area contributed by atoms with Gasteiger partial charge in [0.1, 0.15) is 23.1 Å². The van der Waals surface area contributed by atoms with Gasteiger partial charge in [0.05, 0.1) is 60.9 Å². The molecule has 0 aliphatic carbocycles. The van der Waals surface area contributed by atoms with E-state index in [4.69, 9.17) is 39.8 Å². The van der Waals surface area contributed by atoms with E-state index in [1.54, 1.807) is 42.3 Å². The van der Waals surface area contributed by atoms with E-state index in [0.717, 1.165) is 0 Å². The van der Waals surface area contributed by atoms with Crippen LogP contribution in [0.25, 0.3) is 0 Å². The number of ketones is 4. The van der Waals surface area contributed by atoms with E-state index in [-0.39, 0.29) is 136 Å². The molecule has 0 fully saturated rings. The van der Waals surface area contributed by atoms with Gasteiger partial charge in [-0.05, 0) is 60.8 Å². The highest BCUT2D eigenvalue weighted by Gasteiger charge is 2.21. The van der Waals surface area contributed by atoms with Crippen molar-refractivity contribution in [3.8, 4) is 18.2 Å². The number of aliphatic carboxylic acids is 1. The Bertz CT molecular complexity index is 1170. The van der Waals surface area contributed by atoms with Gasteiger partial charge >= 0.3 is 5.97 Å². The van der Waals surface area contributed by atoms with Crippen molar-refractivity contribution in [1.29, 1.82) is 15.8 Å². The number of carbonyl (C=O) groups is 5. The number of carboxylic acid groups (broad SMARTS) is 1. The van der Waals surface area contributed by atoms with Crippen LogP contribution in [-0.2, 0) is 42.9 Å². The van der Waals surface area contributed by atoms with E-state index >= 15 is 0 Å². The molecule has 0 rings (SSSR count). The molecule has 408 valence electrons. The summed E-state index contributed by atoms with van der Waals surface area (Å²) in [4.78, 5) is 54.0. The number of hydrogen-bond donors (Lipinski definition) is 1. The molecule has 13 heteroatoms. The fraction of sp³-hybridized carbons (Fsp3) is 0.849. The second-order valence-electron chi connectivity index (χ2n) is 14.8. The summed E-state index contributed by atoms with van der Waals surface area (Å²) in [6.45, 7) is 20.4. The predicted octanol–water partition coefficient (Wildman–Crippen LogP) is 15.4. The summed E-state index contributed by atoms with van der Waals surface area (Å²) in [6, 6.07) is 6.39. The van der Waals surface area contributed by atoms with Crippen molar-refractivity contribution in [1.82, 2.24) is 0 Å². The van der Waals surface area contributed by atoms with Crippen molar-refractivity contribution in [2.45, 2.75) is 223 Å². The first-order valence-electron chi connectivity index (χ1n) is 18.5. The van der Waals surface area contributed by atoms with Crippen molar-refractivity contribution in [2.75, 3.05) is 54.9 Å². The summed E-state index contributed by atoms with van der Waals surface area (Å²) < 4.78 is 19.2. The van der Waals surface area contributed by atoms with Crippen LogP contribution >= 0.6 is 0 Å². The van der Waals surface area contributed by atoms with Crippen molar-refractivity contribution in [2.24, 2.45) is 28.1 Å². The minimum Gasteiger partial charge on any atom is -0.481 e. The predicted molar refractivity (Wildman–Crippen MR) is 290 cm³/mol. The highest BCUT2D eigenvalue weighted by atomic mass is 16.5. The van der Waals surface area contributed by atoms with Crippen LogP contribution in [0.5, 0.6) is 0 Å². The molecule has 0 aromatic heterocycles. The lowest BCUT2D eigenvalue weighted by Gasteiger charge is -2.15. The maximum atomic E-state index is 11.5. The molecule has 0 aliphatic rings. The Morgan fingerprint density at radius 3 is 1.00 bits per heavy atom. The first-order valence-corrected chi connectivity index (χ1v) is 18.5. The number of carbonyl (C=O) groups excluding carboxylic acids is 4. The van der Waals surface area contributed by atoms with E-state index < -0.39 is 16.8 Å². The molecule has 0 spiro atoms. The van der Waals surface area contributed by atoms with Gasteiger partial charge in [0.2, 0.25) is 0 Å². The van der Waals surface area contributed by atoms with E-state index in [2.05, 4.69) is 12.1 Å². The molecule has 0 radical (unpaired) electrons. The summed E-state index contributed by atoms with van der Waals surface area (Å²) in [5.74, 6) is 0.0573. The minimum atomic E-state index is -0.844. The Kier molecular flexibility index (Phi) is 122. The molecule has 2 unspecified atom stereocenters. The summed E-state index contributed by atoms with van der Waals surface area (Å²) in [5.41, 5.74) is -1.29. The first-order chi connectivity index (χ1) is 24.9. The number of methoxy groups -OCH3 is 4. The molecule has 0 aromatic carbocycles. The molecule has 0 aliphatic heterocycles. The van der Waals surface area contributed by atoms with Crippen molar-refractivity contribution in [3.05, 3.63) is 0 Å². The van der Waals surface area contributed by atoms with E-state index in [1.165, 1.54) is 0 Å². The van der Waals surface area contributed by atoms with Crippen LogP contribution in [0.4, 0.5) is 0 Å². The van der Waals surface area contributed by atoms with E-state index in [0.29, 0.717) is 84.2 Å². The summed E-state index contributed by atoms with van der Waals surface area (Å²) in [6.07, 6.45) is 4.94. The highest BCUT2D eigenvalue weighted by molar-refractivity contribution is 5.81. The average Bonchev–Trinajstić information content (AvgIpc) is 3.14. The van der Waals surface area contributed by atoms with Crippen LogP contribution in [0.15, 0.2) is 0 Å². The topological polar surface area (TPSA) is 214 Å². The van der Waals surface area contributed by atoms with Gasteiger partial charge in [0.25, 0.3) is 0 Å². The van der Waals surface area contributed by atoms with Crippen molar-refractivity contribution >= 4 is 29.1 Å². The second-order valence-corrected chi connectivity index (χ2v) is 14.8. The molecule has 0 aromatic rings. The third-order valence-electron chi connectivity index (χ3n) is 7.74. The van der Waals surface area contributed by atoms with Gasteiger partial charge in [0, 0.05) is 85.2 Å². The lowest BCUT2D eigenvalue weighted by molar-refractivity contribution is -0.137. The number of rotatable bonds is 23. The Balaban J connectivity index is -0.0000000293. The molecule has 13 nitrogen and oxygen atoms in total. The highest BCUT2D eigenvalue weighted by Crippen LogP contribution is 2.22. The molecule has 1 N–H and O–H groups in total. The summed E-state index contributed by atoms with van der Waals surface area (Å²) >= 11 is 0. The molecule has 0 heterocycles. The normalized spacial score (nSPS) is 9.50. The van der Waals surface area contributed by atoms with Crippen molar-refractivity contribution < 1.29 is 48.0 Å². The maximum absolute atomic E-state index is 11.5. The van der Waals surface area contributed by atoms with Gasteiger partial charge < -0.3 is 24.1 Å². The lowest BCUT2D eigenvalue weighted by Crippen LogP contribution is -2.19. The number of nitriles is 3. The molecule has 0 amide bonds. The van der Waals surface area contributed by atoms with Gasteiger partial charge in [-0.15, -0.1) is 0 Å².